The SMILES string of the molecule is Cc1ccc(C23c4ccccc4C(c4ccccc42)c2cc(N)ccc23)c2c1ccc1ccc3ccc(OCCCO)cc3c12. The Morgan fingerprint density at radius 2 is 1.31 bits per heavy atom. The number of anilines is 1. The van der Waals surface area contributed by atoms with Crippen LogP contribution in [0.15, 0.2) is 121 Å². The second-order valence-electron chi connectivity index (χ2n) is 12.6. The summed E-state index contributed by atoms with van der Waals surface area (Å²) in [5.41, 5.74) is 17.3. The maximum Gasteiger partial charge on any atom is 0.119 e. The largest absolute Gasteiger partial charge is 0.493 e. The molecule has 3 heteroatoms. The zero-order valence-corrected chi connectivity index (χ0v) is 25.2. The van der Waals surface area contributed by atoms with Crippen molar-refractivity contribution in [3.8, 4) is 5.75 Å². The number of benzene rings is 7. The molecule has 3 nitrogen and oxygen atoms in total. The molecule has 10 rings (SSSR count). The van der Waals surface area contributed by atoms with E-state index >= 15 is 0 Å². The predicted molar refractivity (Wildman–Crippen MR) is 185 cm³/mol. The van der Waals surface area contributed by atoms with Crippen LogP contribution in [0.1, 0.15) is 56.8 Å². The standard InChI is InChI=1S/C42H33NO2/c1-25-11-19-38(41-30(25)18-15-27-13-12-26-14-17-29(45-22-6-21-44)24-33(26)39(27)41)42-35-9-4-2-7-31(35)40(32-8-3-5-10-36(32)42)34-23-28(43)16-20-37(34)42/h2-5,7-20,23-24,40,44H,6,21-22,43H2,1H3. The van der Waals surface area contributed by atoms with Crippen LogP contribution in [0, 0.1) is 6.92 Å². The Bertz CT molecular complexity index is 2290. The van der Waals surface area contributed by atoms with E-state index in [2.05, 4.69) is 122 Å². The monoisotopic (exact) mass is 583 g/mol. The van der Waals surface area contributed by atoms with Crippen LogP contribution >= 0.6 is 0 Å². The lowest BCUT2D eigenvalue weighted by Crippen LogP contribution is -2.43. The number of nitrogens with two attached hydrogens (primary N) is 1. The minimum atomic E-state index is -0.525. The van der Waals surface area contributed by atoms with Crippen molar-refractivity contribution in [2.45, 2.75) is 24.7 Å². The molecule has 0 saturated heterocycles. The van der Waals surface area contributed by atoms with Crippen molar-refractivity contribution in [3.63, 3.8) is 0 Å². The van der Waals surface area contributed by atoms with E-state index in [9.17, 15) is 5.11 Å². The Balaban J connectivity index is 1.48. The molecule has 0 fully saturated rings. The molecule has 0 radical (unpaired) electrons. The highest BCUT2D eigenvalue weighted by Gasteiger charge is 2.53. The molecule has 3 aliphatic rings. The minimum absolute atomic E-state index is 0.114. The van der Waals surface area contributed by atoms with Crippen LogP contribution in [-0.2, 0) is 5.41 Å². The van der Waals surface area contributed by atoms with Gasteiger partial charge in [-0.3, -0.25) is 0 Å². The Morgan fingerprint density at radius 1 is 0.644 bits per heavy atom. The number of aliphatic hydroxyl groups is 1. The summed E-state index contributed by atoms with van der Waals surface area (Å²) in [6, 6.07) is 44.7. The molecule has 3 aliphatic carbocycles. The lowest BCUT2D eigenvalue weighted by atomic mass is 9.50. The van der Waals surface area contributed by atoms with E-state index in [0.717, 1.165) is 11.4 Å². The van der Waals surface area contributed by atoms with E-state index in [4.69, 9.17) is 10.5 Å². The molecular formula is C42H33NO2. The van der Waals surface area contributed by atoms with Crippen LogP contribution in [0.2, 0.25) is 0 Å². The van der Waals surface area contributed by atoms with Crippen molar-refractivity contribution < 1.29 is 9.84 Å². The summed E-state index contributed by atoms with van der Waals surface area (Å²) in [4.78, 5) is 0. The molecule has 0 amide bonds. The second-order valence-corrected chi connectivity index (χ2v) is 12.6. The van der Waals surface area contributed by atoms with Gasteiger partial charge in [-0.15, -0.1) is 0 Å². The first-order valence-electron chi connectivity index (χ1n) is 15.8. The third-order valence-corrected chi connectivity index (χ3v) is 10.3. The van der Waals surface area contributed by atoms with Crippen molar-refractivity contribution in [3.05, 3.63) is 166 Å². The van der Waals surface area contributed by atoms with E-state index in [-0.39, 0.29) is 12.5 Å². The van der Waals surface area contributed by atoms with Gasteiger partial charge in [-0.25, -0.2) is 0 Å². The van der Waals surface area contributed by atoms with Gasteiger partial charge in [-0.1, -0.05) is 97.1 Å². The number of fused-ring (bicyclic) bond motifs is 5. The first-order chi connectivity index (χ1) is 22.1. The highest BCUT2D eigenvalue weighted by Crippen LogP contribution is 2.63. The topological polar surface area (TPSA) is 55.5 Å². The van der Waals surface area contributed by atoms with Crippen molar-refractivity contribution in [1.29, 1.82) is 0 Å². The van der Waals surface area contributed by atoms with Gasteiger partial charge in [0, 0.05) is 24.6 Å². The number of aliphatic hydroxyl groups excluding tert-OH is 1. The molecule has 3 N–H and O–H groups in total. The smallest absolute Gasteiger partial charge is 0.119 e. The van der Waals surface area contributed by atoms with Crippen LogP contribution in [0.3, 0.4) is 0 Å². The van der Waals surface area contributed by atoms with Gasteiger partial charge in [0.15, 0.2) is 0 Å². The van der Waals surface area contributed by atoms with Crippen molar-refractivity contribution >= 4 is 38.0 Å². The van der Waals surface area contributed by atoms with Gasteiger partial charge in [-0.2, -0.15) is 0 Å². The Kier molecular flexibility index (Phi) is 5.66. The fourth-order valence-electron chi connectivity index (χ4n) is 8.49. The molecule has 45 heavy (non-hydrogen) atoms. The zero-order valence-electron chi connectivity index (χ0n) is 25.2. The van der Waals surface area contributed by atoms with Crippen LogP contribution in [-0.4, -0.2) is 18.3 Å². The summed E-state index contributed by atoms with van der Waals surface area (Å²) >= 11 is 0. The Labute approximate surface area is 262 Å². The molecule has 0 saturated carbocycles. The molecule has 2 bridgehead atoms. The third kappa shape index (κ3) is 3.50. The van der Waals surface area contributed by atoms with Gasteiger partial charge in [0.25, 0.3) is 0 Å². The molecule has 218 valence electrons. The molecule has 0 atom stereocenters. The summed E-state index contributed by atoms with van der Waals surface area (Å²) in [5.74, 6) is 0.966. The fraction of sp³-hybridized carbons (Fsp3) is 0.143. The van der Waals surface area contributed by atoms with Gasteiger partial charge in [0.2, 0.25) is 0 Å². The van der Waals surface area contributed by atoms with Crippen LogP contribution in [0.4, 0.5) is 5.69 Å². The van der Waals surface area contributed by atoms with Crippen molar-refractivity contribution in [2.75, 3.05) is 18.9 Å². The number of aryl methyl sites for hydroxylation is 1. The van der Waals surface area contributed by atoms with Gasteiger partial charge in [-0.05, 0) is 108 Å². The van der Waals surface area contributed by atoms with E-state index in [1.54, 1.807) is 0 Å². The number of nitrogen functional groups attached to an aromatic ring is 1. The fourth-order valence-corrected chi connectivity index (χ4v) is 8.49. The Morgan fingerprint density at radius 3 is 2.09 bits per heavy atom. The summed E-state index contributed by atoms with van der Waals surface area (Å²) in [6.45, 7) is 2.82. The number of hydrogen-bond acceptors (Lipinski definition) is 3. The van der Waals surface area contributed by atoms with Crippen LogP contribution in [0.25, 0.3) is 32.3 Å². The van der Waals surface area contributed by atoms with Gasteiger partial charge in [0.05, 0.1) is 12.0 Å². The summed E-state index contributed by atoms with van der Waals surface area (Å²) < 4.78 is 6.11. The maximum atomic E-state index is 9.34. The molecular weight excluding hydrogens is 550 g/mol. The van der Waals surface area contributed by atoms with Crippen LogP contribution in [0.5, 0.6) is 5.75 Å². The number of hydrogen-bond donors (Lipinski definition) is 2. The highest BCUT2D eigenvalue weighted by molar-refractivity contribution is 6.22. The van der Waals surface area contributed by atoms with Gasteiger partial charge < -0.3 is 15.6 Å². The third-order valence-electron chi connectivity index (χ3n) is 10.3. The maximum absolute atomic E-state index is 9.34. The lowest BCUT2D eigenvalue weighted by molar-refractivity contribution is 0.234. The second kappa shape index (κ2) is 9.69. The normalized spacial score (nSPS) is 17.8. The molecule has 7 aromatic rings. The van der Waals surface area contributed by atoms with Gasteiger partial charge >= 0.3 is 0 Å². The molecule has 0 heterocycles. The molecule has 7 aromatic carbocycles. The minimum Gasteiger partial charge on any atom is -0.493 e. The average molecular weight is 584 g/mol. The summed E-state index contributed by atoms with van der Waals surface area (Å²) in [6.07, 6.45) is 0.603. The molecule has 0 spiro atoms. The lowest BCUT2D eigenvalue weighted by Gasteiger charge is -2.51. The molecule has 0 unspecified atom stereocenters. The predicted octanol–water partition coefficient (Wildman–Crippen LogP) is 8.99. The van der Waals surface area contributed by atoms with E-state index in [1.165, 1.54) is 76.8 Å². The molecule has 0 aromatic heterocycles. The average Bonchev–Trinajstić information content (AvgIpc) is 3.08. The first-order valence-corrected chi connectivity index (χ1v) is 15.8. The van der Waals surface area contributed by atoms with Crippen molar-refractivity contribution in [1.82, 2.24) is 0 Å². The number of rotatable bonds is 5. The highest BCUT2D eigenvalue weighted by atomic mass is 16.5. The van der Waals surface area contributed by atoms with Crippen LogP contribution < -0.4 is 10.5 Å². The Hall–Kier alpha value is -5.12. The van der Waals surface area contributed by atoms with E-state index in [1.807, 2.05) is 6.07 Å². The van der Waals surface area contributed by atoms with Gasteiger partial charge in [0.1, 0.15) is 5.75 Å². The van der Waals surface area contributed by atoms with E-state index < -0.39 is 5.41 Å². The summed E-state index contributed by atoms with van der Waals surface area (Å²) in [7, 11) is 0. The quantitative estimate of drug-likeness (QED) is 0.121. The number of ether oxygens (including phenoxy) is 1. The van der Waals surface area contributed by atoms with E-state index in [0.29, 0.717) is 13.0 Å². The molecule has 0 aliphatic heterocycles. The zero-order chi connectivity index (χ0) is 30.3. The first kappa shape index (κ1) is 26.3. The summed E-state index contributed by atoms with van der Waals surface area (Å²) in [5, 5.41) is 16.7. The van der Waals surface area contributed by atoms with Crippen molar-refractivity contribution in [2.24, 2.45) is 0 Å².